The summed E-state index contributed by atoms with van der Waals surface area (Å²) in [5, 5.41) is 0.377. The number of nitrogens with zero attached hydrogens (tertiary/aromatic N) is 1. The van der Waals surface area contributed by atoms with Gasteiger partial charge < -0.3 is 18.6 Å². The second-order valence-electron chi connectivity index (χ2n) is 5.17. The van der Waals surface area contributed by atoms with Gasteiger partial charge in [-0.05, 0) is 42.0 Å². The molecule has 0 atom stereocenters. The largest absolute Gasteiger partial charge is 0.497 e. The van der Waals surface area contributed by atoms with E-state index in [0.29, 0.717) is 28.2 Å². The maximum absolute atomic E-state index is 12.1. The fourth-order valence-electron chi connectivity index (χ4n) is 2.39. The highest BCUT2D eigenvalue weighted by Crippen LogP contribution is 2.28. The van der Waals surface area contributed by atoms with Gasteiger partial charge >= 0.3 is 5.63 Å². The summed E-state index contributed by atoms with van der Waals surface area (Å²) in [5.41, 5.74) is 0.941. The van der Waals surface area contributed by atoms with Crippen LogP contribution in [0.3, 0.4) is 0 Å². The van der Waals surface area contributed by atoms with Crippen molar-refractivity contribution in [2.45, 2.75) is 0 Å². The van der Waals surface area contributed by atoms with Gasteiger partial charge in [-0.25, -0.2) is 9.78 Å². The third kappa shape index (κ3) is 3.47. The molecule has 0 bridgehead atoms. The average Bonchev–Trinajstić information content (AvgIpc) is 2.65. The fourth-order valence-corrected chi connectivity index (χ4v) is 2.39. The number of hydrogen-bond donors (Lipinski definition) is 0. The van der Waals surface area contributed by atoms with Crippen LogP contribution in [0.15, 0.2) is 45.6 Å². The summed E-state index contributed by atoms with van der Waals surface area (Å²) < 4.78 is 20.8. The number of ether oxygens (including phenoxy) is 3. The van der Waals surface area contributed by atoms with Gasteiger partial charge in [0.2, 0.25) is 5.89 Å². The molecule has 25 heavy (non-hydrogen) atoms. The molecule has 3 aromatic rings. The molecule has 6 nitrogen and oxygen atoms in total. The van der Waals surface area contributed by atoms with Crippen LogP contribution in [0, 0.1) is 0 Å². The molecule has 0 saturated carbocycles. The zero-order chi connectivity index (χ0) is 17.8. The Morgan fingerprint density at radius 1 is 0.920 bits per heavy atom. The van der Waals surface area contributed by atoms with Crippen molar-refractivity contribution in [3.63, 3.8) is 0 Å². The van der Waals surface area contributed by atoms with Crippen molar-refractivity contribution in [1.29, 1.82) is 0 Å². The van der Waals surface area contributed by atoms with Crippen LogP contribution in [0.4, 0.5) is 0 Å². The third-order valence-electron chi connectivity index (χ3n) is 3.68. The van der Waals surface area contributed by atoms with E-state index in [-0.39, 0.29) is 5.89 Å². The second kappa shape index (κ2) is 7.09. The van der Waals surface area contributed by atoms with E-state index in [1.807, 2.05) is 12.1 Å². The zero-order valence-electron chi connectivity index (χ0n) is 14.1. The van der Waals surface area contributed by atoms with Crippen molar-refractivity contribution in [3.05, 3.63) is 58.3 Å². The van der Waals surface area contributed by atoms with E-state index in [1.165, 1.54) is 7.11 Å². The quantitative estimate of drug-likeness (QED) is 0.710. The molecule has 6 heteroatoms. The molecular weight excluding hydrogens is 322 g/mol. The SMILES string of the molecule is COc1ccc2nc(/C=C/c3ccc(OC)c(OC)c3)oc(=O)c2c1. The molecule has 0 aliphatic carbocycles. The standard InChI is InChI=1S/C19H17NO5/c1-22-13-6-7-15-14(11-13)19(21)25-18(20-15)9-5-12-4-8-16(23-2)17(10-12)24-3/h4-11H,1-3H3/b9-5+. The van der Waals surface area contributed by atoms with Crippen LogP contribution < -0.4 is 19.8 Å². The highest BCUT2D eigenvalue weighted by molar-refractivity contribution is 5.80. The van der Waals surface area contributed by atoms with Crippen LogP contribution >= 0.6 is 0 Å². The minimum absolute atomic E-state index is 0.220. The molecule has 0 saturated heterocycles. The zero-order valence-corrected chi connectivity index (χ0v) is 14.1. The van der Waals surface area contributed by atoms with E-state index in [4.69, 9.17) is 18.6 Å². The Bertz CT molecular complexity index is 991. The molecule has 1 heterocycles. The summed E-state index contributed by atoms with van der Waals surface area (Å²) in [5.74, 6) is 2.06. The van der Waals surface area contributed by atoms with E-state index in [0.717, 1.165) is 5.56 Å². The minimum Gasteiger partial charge on any atom is -0.497 e. The highest BCUT2D eigenvalue weighted by atomic mass is 16.5. The molecular formula is C19H17NO5. The molecule has 0 spiro atoms. The summed E-state index contributed by atoms with van der Waals surface area (Å²) in [6, 6.07) is 10.6. The van der Waals surface area contributed by atoms with Crippen molar-refractivity contribution in [2.24, 2.45) is 0 Å². The van der Waals surface area contributed by atoms with E-state index >= 15 is 0 Å². The van der Waals surface area contributed by atoms with Crippen LogP contribution in [0.2, 0.25) is 0 Å². The van der Waals surface area contributed by atoms with Gasteiger partial charge in [0, 0.05) is 6.08 Å². The van der Waals surface area contributed by atoms with Gasteiger partial charge in [0.25, 0.3) is 0 Å². The summed E-state index contributed by atoms with van der Waals surface area (Å²) in [4.78, 5) is 16.5. The van der Waals surface area contributed by atoms with E-state index in [1.54, 1.807) is 50.6 Å². The lowest BCUT2D eigenvalue weighted by Crippen LogP contribution is -2.03. The predicted molar refractivity (Wildman–Crippen MR) is 95.3 cm³/mol. The topological polar surface area (TPSA) is 70.8 Å². The van der Waals surface area contributed by atoms with Gasteiger partial charge in [0.15, 0.2) is 11.5 Å². The van der Waals surface area contributed by atoms with Crippen LogP contribution in [-0.4, -0.2) is 26.3 Å². The number of benzene rings is 2. The lowest BCUT2D eigenvalue weighted by Gasteiger charge is -2.07. The Balaban J connectivity index is 1.95. The van der Waals surface area contributed by atoms with Gasteiger partial charge in [-0.2, -0.15) is 0 Å². The Labute approximate surface area is 144 Å². The van der Waals surface area contributed by atoms with Gasteiger partial charge in [-0.1, -0.05) is 6.07 Å². The highest BCUT2D eigenvalue weighted by Gasteiger charge is 2.07. The van der Waals surface area contributed by atoms with Crippen molar-refractivity contribution in [3.8, 4) is 17.2 Å². The molecule has 128 valence electrons. The van der Waals surface area contributed by atoms with Crippen molar-refractivity contribution < 1.29 is 18.6 Å². The summed E-state index contributed by atoms with van der Waals surface area (Å²) >= 11 is 0. The molecule has 3 rings (SSSR count). The predicted octanol–water partition coefficient (Wildman–Crippen LogP) is 3.38. The van der Waals surface area contributed by atoms with Crippen LogP contribution in [0.1, 0.15) is 11.5 Å². The lowest BCUT2D eigenvalue weighted by molar-refractivity contribution is 0.355. The molecule has 0 N–H and O–H groups in total. The number of hydrogen-bond acceptors (Lipinski definition) is 6. The molecule has 2 aromatic carbocycles. The van der Waals surface area contributed by atoms with Gasteiger partial charge in [-0.3, -0.25) is 0 Å². The number of aromatic nitrogens is 1. The third-order valence-corrected chi connectivity index (χ3v) is 3.68. The summed E-state index contributed by atoms with van der Waals surface area (Å²) in [6.07, 6.45) is 3.41. The molecule has 0 aliphatic rings. The first-order valence-corrected chi connectivity index (χ1v) is 7.53. The Kier molecular flexibility index (Phi) is 4.70. The molecule has 1 aromatic heterocycles. The van der Waals surface area contributed by atoms with E-state index in [2.05, 4.69) is 4.98 Å². The molecule has 0 aliphatic heterocycles. The van der Waals surface area contributed by atoms with Crippen LogP contribution in [0.25, 0.3) is 23.1 Å². The van der Waals surface area contributed by atoms with Crippen LogP contribution in [-0.2, 0) is 0 Å². The first kappa shape index (κ1) is 16.6. The summed E-state index contributed by atoms with van der Waals surface area (Å²) in [6.45, 7) is 0. The first-order valence-electron chi connectivity index (χ1n) is 7.53. The fraction of sp³-hybridized carbons (Fsp3) is 0.158. The Morgan fingerprint density at radius 3 is 2.44 bits per heavy atom. The molecule has 0 fully saturated rings. The van der Waals surface area contributed by atoms with Crippen molar-refractivity contribution in [1.82, 2.24) is 4.98 Å². The van der Waals surface area contributed by atoms with Gasteiger partial charge in [-0.15, -0.1) is 0 Å². The van der Waals surface area contributed by atoms with Crippen LogP contribution in [0.5, 0.6) is 17.2 Å². The van der Waals surface area contributed by atoms with E-state index < -0.39 is 5.63 Å². The maximum atomic E-state index is 12.1. The van der Waals surface area contributed by atoms with Gasteiger partial charge in [0.05, 0.1) is 32.2 Å². The molecule has 0 radical (unpaired) electrons. The second-order valence-corrected chi connectivity index (χ2v) is 5.17. The summed E-state index contributed by atoms with van der Waals surface area (Å²) in [7, 11) is 4.69. The smallest absolute Gasteiger partial charge is 0.347 e. The van der Waals surface area contributed by atoms with Crippen molar-refractivity contribution in [2.75, 3.05) is 21.3 Å². The Hall–Kier alpha value is -3.28. The monoisotopic (exact) mass is 339 g/mol. The number of rotatable bonds is 5. The average molecular weight is 339 g/mol. The lowest BCUT2D eigenvalue weighted by atomic mass is 10.2. The number of fused-ring (bicyclic) bond motifs is 1. The van der Waals surface area contributed by atoms with E-state index in [9.17, 15) is 4.79 Å². The number of methoxy groups -OCH3 is 3. The Morgan fingerprint density at radius 2 is 1.72 bits per heavy atom. The van der Waals surface area contributed by atoms with Crippen molar-refractivity contribution >= 4 is 23.1 Å². The normalized spacial score (nSPS) is 11.0. The minimum atomic E-state index is -0.462. The molecule has 0 amide bonds. The van der Waals surface area contributed by atoms with Gasteiger partial charge in [0.1, 0.15) is 5.75 Å². The molecule has 0 unspecified atom stereocenters. The first-order chi connectivity index (χ1) is 12.1. The maximum Gasteiger partial charge on any atom is 0.347 e.